The van der Waals surface area contributed by atoms with Crippen molar-refractivity contribution < 1.29 is 19.1 Å². The molecule has 0 spiro atoms. The molecule has 24 heavy (non-hydrogen) atoms. The molecule has 0 saturated carbocycles. The molecule has 0 aliphatic heterocycles. The molecule has 5 heteroatoms. The molecule has 2 aromatic carbocycles. The number of carbonyl (C=O) groups is 2. The third-order valence-corrected chi connectivity index (χ3v) is 3.66. The molecule has 1 N–H and O–H groups in total. The third kappa shape index (κ3) is 4.67. The van der Waals surface area contributed by atoms with Crippen molar-refractivity contribution in [3.63, 3.8) is 0 Å². The highest BCUT2D eigenvalue weighted by molar-refractivity contribution is 5.87. The molecular weight excluding hydrogens is 306 g/mol. The van der Waals surface area contributed by atoms with E-state index in [0.29, 0.717) is 6.42 Å². The summed E-state index contributed by atoms with van der Waals surface area (Å²) in [5, 5.41) is 2.73. The van der Waals surface area contributed by atoms with Crippen molar-refractivity contribution in [1.29, 1.82) is 0 Å². The predicted octanol–water partition coefficient (Wildman–Crippen LogP) is 2.27. The van der Waals surface area contributed by atoms with Gasteiger partial charge in [0.05, 0.1) is 7.11 Å². The smallest absolute Gasteiger partial charge is 0.328 e. The van der Waals surface area contributed by atoms with Gasteiger partial charge in [-0.05, 0) is 11.1 Å². The van der Waals surface area contributed by atoms with E-state index in [1.165, 1.54) is 14.2 Å². The number of hydrogen-bond donors (Lipinski definition) is 1. The summed E-state index contributed by atoms with van der Waals surface area (Å²) in [4.78, 5) is 24.6. The van der Waals surface area contributed by atoms with Crippen LogP contribution >= 0.6 is 0 Å². The molecule has 1 amide bonds. The van der Waals surface area contributed by atoms with E-state index in [0.717, 1.165) is 11.1 Å². The molecule has 0 bridgehead atoms. The molecule has 0 fully saturated rings. The Labute approximate surface area is 141 Å². The van der Waals surface area contributed by atoms with Crippen molar-refractivity contribution >= 4 is 11.9 Å². The van der Waals surface area contributed by atoms with Crippen LogP contribution in [0.25, 0.3) is 0 Å². The van der Waals surface area contributed by atoms with Gasteiger partial charge in [0.15, 0.2) is 6.10 Å². The second kappa shape index (κ2) is 8.84. The topological polar surface area (TPSA) is 64.6 Å². The molecule has 2 aromatic rings. The quantitative estimate of drug-likeness (QED) is 0.793. The Hall–Kier alpha value is -2.66. The zero-order chi connectivity index (χ0) is 17.4. The van der Waals surface area contributed by atoms with Gasteiger partial charge in [-0.1, -0.05) is 60.7 Å². The maximum Gasteiger partial charge on any atom is 0.328 e. The largest absolute Gasteiger partial charge is 0.467 e. The number of rotatable bonds is 7. The van der Waals surface area contributed by atoms with Gasteiger partial charge < -0.3 is 14.8 Å². The van der Waals surface area contributed by atoms with Gasteiger partial charge in [0.25, 0.3) is 5.91 Å². The van der Waals surface area contributed by atoms with Crippen LogP contribution in [0.1, 0.15) is 17.2 Å². The number of nitrogens with one attached hydrogen (secondary N) is 1. The molecule has 0 saturated heterocycles. The fourth-order valence-electron chi connectivity index (χ4n) is 2.46. The minimum absolute atomic E-state index is 0.352. The molecule has 0 aliphatic carbocycles. The molecular formula is C19H21NO4. The molecule has 5 nitrogen and oxygen atoms in total. The highest BCUT2D eigenvalue weighted by Crippen LogP contribution is 2.17. The number of ether oxygens (including phenoxy) is 2. The number of hydrogen-bond acceptors (Lipinski definition) is 4. The Morgan fingerprint density at radius 2 is 1.54 bits per heavy atom. The first kappa shape index (κ1) is 17.7. The van der Waals surface area contributed by atoms with Gasteiger partial charge in [0.1, 0.15) is 6.04 Å². The van der Waals surface area contributed by atoms with E-state index >= 15 is 0 Å². The SMILES string of the molecule is COC(=O)[C@@H](Cc1ccccc1)NC(=O)[C@@H](OC)c1ccccc1. The summed E-state index contributed by atoms with van der Waals surface area (Å²) < 4.78 is 10.1. The van der Waals surface area contributed by atoms with E-state index in [2.05, 4.69) is 5.32 Å². The lowest BCUT2D eigenvalue weighted by Gasteiger charge is -2.21. The van der Waals surface area contributed by atoms with Crippen LogP contribution in [0.2, 0.25) is 0 Å². The first-order valence-corrected chi connectivity index (χ1v) is 7.65. The first-order chi connectivity index (χ1) is 11.7. The van der Waals surface area contributed by atoms with Gasteiger partial charge >= 0.3 is 5.97 Å². The van der Waals surface area contributed by atoms with E-state index < -0.39 is 18.1 Å². The Balaban J connectivity index is 2.13. The molecule has 0 aromatic heterocycles. The summed E-state index contributed by atoms with van der Waals surface area (Å²) in [6.07, 6.45) is -0.432. The van der Waals surface area contributed by atoms with Crippen LogP contribution in [0.4, 0.5) is 0 Å². The van der Waals surface area contributed by atoms with Gasteiger partial charge in [0.2, 0.25) is 0 Å². The molecule has 126 valence electrons. The molecule has 0 radical (unpaired) electrons. The van der Waals surface area contributed by atoms with Gasteiger partial charge in [-0.25, -0.2) is 4.79 Å². The summed E-state index contributed by atoms with van der Waals surface area (Å²) in [7, 11) is 2.76. The lowest BCUT2D eigenvalue weighted by atomic mass is 10.0. The average Bonchev–Trinajstić information content (AvgIpc) is 2.63. The maximum atomic E-state index is 12.6. The van der Waals surface area contributed by atoms with Gasteiger partial charge in [0, 0.05) is 13.5 Å². The molecule has 0 unspecified atom stereocenters. The van der Waals surface area contributed by atoms with Crippen molar-refractivity contribution in [3.8, 4) is 0 Å². The van der Waals surface area contributed by atoms with Crippen LogP contribution in [-0.4, -0.2) is 32.1 Å². The summed E-state index contributed by atoms with van der Waals surface area (Å²) in [6.45, 7) is 0. The van der Waals surface area contributed by atoms with Gasteiger partial charge in [-0.15, -0.1) is 0 Å². The van der Waals surface area contributed by atoms with E-state index in [4.69, 9.17) is 9.47 Å². The predicted molar refractivity (Wildman–Crippen MR) is 90.3 cm³/mol. The zero-order valence-corrected chi connectivity index (χ0v) is 13.8. The second-order valence-corrected chi connectivity index (χ2v) is 5.30. The highest BCUT2D eigenvalue weighted by atomic mass is 16.5. The minimum atomic E-state index is -0.783. The highest BCUT2D eigenvalue weighted by Gasteiger charge is 2.27. The van der Waals surface area contributed by atoms with Crippen molar-refractivity contribution in [2.24, 2.45) is 0 Å². The lowest BCUT2D eigenvalue weighted by Crippen LogP contribution is -2.45. The van der Waals surface area contributed by atoms with Crippen molar-refractivity contribution in [2.75, 3.05) is 14.2 Å². The summed E-state index contributed by atoms with van der Waals surface area (Å²) in [6, 6.07) is 17.8. The molecule has 2 rings (SSSR count). The van der Waals surface area contributed by atoms with Crippen LogP contribution in [0.5, 0.6) is 0 Å². The summed E-state index contributed by atoms with van der Waals surface area (Å²) >= 11 is 0. The second-order valence-electron chi connectivity index (χ2n) is 5.30. The minimum Gasteiger partial charge on any atom is -0.467 e. The van der Waals surface area contributed by atoms with Gasteiger partial charge in [-0.2, -0.15) is 0 Å². The Kier molecular flexibility index (Phi) is 6.51. The maximum absolute atomic E-state index is 12.6. The molecule has 2 atom stereocenters. The molecule has 0 heterocycles. The number of benzene rings is 2. The van der Waals surface area contributed by atoms with Crippen LogP contribution < -0.4 is 5.32 Å². The zero-order valence-electron chi connectivity index (χ0n) is 13.8. The van der Waals surface area contributed by atoms with Crippen LogP contribution in [0, 0.1) is 0 Å². The van der Waals surface area contributed by atoms with Crippen molar-refractivity contribution in [2.45, 2.75) is 18.6 Å². The number of methoxy groups -OCH3 is 2. The Morgan fingerprint density at radius 1 is 0.958 bits per heavy atom. The fourth-order valence-corrected chi connectivity index (χ4v) is 2.46. The van der Waals surface area contributed by atoms with Crippen LogP contribution in [0.3, 0.4) is 0 Å². The van der Waals surface area contributed by atoms with E-state index in [-0.39, 0.29) is 5.91 Å². The third-order valence-electron chi connectivity index (χ3n) is 3.66. The average molecular weight is 327 g/mol. The standard InChI is InChI=1S/C19H21NO4/c1-23-17(15-11-7-4-8-12-15)18(21)20-16(19(22)24-2)13-14-9-5-3-6-10-14/h3-12,16-17H,13H2,1-2H3,(H,20,21)/t16-,17+/m1/s1. The van der Waals surface area contributed by atoms with E-state index in [1.807, 2.05) is 48.5 Å². The van der Waals surface area contributed by atoms with E-state index in [1.54, 1.807) is 12.1 Å². The monoisotopic (exact) mass is 327 g/mol. The summed E-state index contributed by atoms with van der Waals surface area (Å²) in [5.41, 5.74) is 1.66. The summed E-state index contributed by atoms with van der Waals surface area (Å²) in [5.74, 6) is -0.870. The normalized spacial score (nSPS) is 12.9. The Bertz CT molecular complexity index is 658. The fraction of sp³-hybridized carbons (Fsp3) is 0.263. The van der Waals surface area contributed by atoms with Crippen molar-refractivity contribution in [3.05, 3.63) is 71.8 Å². The number of carbonyl (C=O) groups excluding carboxylic acids is 2. The van der Waals surface area contributed by atoms with Crippen LogP contribution in [-0.2, 0) is 25.5 Å². The van der Waals surface area contributed by atoms with Gasteiger partial charge in [-0.3, -0.25) is 4.79 Å². The van der Waals surface area contributed by atoms with Crippen molar-refractivity contribution in [1.82, 2.24) is 5.32 Å². The molecule has 0 aliphatic rings. The van der Waals surface area contributed by atoms with E-state index in [9.17, 15) is 9.59 Å². The van der Waals surface area contributed by atoms with Crippen LogP contribution in [0.15, 0.2) is 60.7 Å². The number of esters is 1. The lowest BCUT2D eigenvalue weighted by molar-refractivity contribution is -0.146. The Morgan fingerprint density at radius 3 is 2.08 bits per heavy atom. The first-order valence-electron chi connectivity index (χ1n) is 7.65. The number of amides is 1.